The van der Waals surface area contributed by atoms with Crippen LogP contribution in [-0.2, 0) is 26.2 Å². The van der Waals surface area contributed by atoms with Gasteiger partial charge in [0.25, 0.3) is 10.0 Å². The van der Waals surface area contributed by atoms with Crippen LogP contribution in [0.15, 0.2) is 71.6 Å². The van der Waals surface area contributed by atoms with E-state index in [9.17, 15) is 18.0 Å². The van der Waals surface area contributed by atoms with Gasteiger partial charge in [-0.1, -0.05) is 61.0 Å². The van der Waals surface area contributed by atoms with Crippen LogP contribution < -0.4 is 9.62 Å². The highest BCUT2D eigenvalue weighted by Crippen LogP contribution is 2.29. The van der Waals surface area contributed by atoms with Crippen LogP contribution in [0.4, 0.5) is 5.69 Å². The van der Waals surface area contributed by atoms with E-state index in [2.05, 4.69) is 5.32 Å². The number of nitrogens with zero attached hydrogens (tertiary/aromatic N) is 2. The lowest BCUT2D eigenvalue weighted by Gasteiger charge is -2.33. The minimum absolute atomic E-state index is 0.0981. The van der Waals surface area contributed by atoms with Crippen LogP contribution in [0.2, 0.25) is 0 Å². The third kappa shape index (κ3) is 7.06. The molecule has 39 heavy (non-hydrogen) atoms. The van der Waals surface area contributed by atoms with E-state index in [1.165, 1.54) is 9.21 Å². The monoisotopic (exact) mass is 549 g/mol. The second-order valence-electron chi connectivity index (χ2n) is 9.96. The Morgan fingerprint density at radius 3 is 2.15 bits per heavy atom. The molecule has 1 atom stereocenters. The van der Waals surface area contributed by atoms with Gasteiger partial charge in [-0.05, 0) is 81.5 Å². The molecule has 0 fully saturated rings. The summed E-state index contributed by atoms with van der Waals surface area (Å²) in [7, 11) is -4.09. The number of aryl methyl sites for hydroxylation is 3. The van der Waals surface area contributed by atoms with Crippen LogP contribution in [0.3, 0.4) is 0 Å². The molecule has 0 radical (unpaired) electrons. The van der Waals surface area contributed by atoms with Gasteiger partial charge in [0.15, 0.2) is 0 Å². The SMILES string of the molecule is CCCNC(=O)[C@H](C)N(Cc1ccccc1C)C(=O)CN(c1cccc(C)c1C)S(=O)(=O)c1ccc(C)cc1. The number of amides is 2. The first-order valence-electron chi connectivity index (χ1n) is 13.2. The molecule has 0 aromatic heterocycles. The number of nitrogens with one attached hydrogen (secondary N) is 1. The van der Waals surface area contributed by atoms with Crippen molar-refractivity contribution in [3.05, 3.63) is 94.5 Å². The van der Waals surface area contributed by atoms with Crippen LogP contribution in [0, 0.1) is 27.7 Å². The van der Waals surface area contributed by atoms with Crippen LogP contribution in [0.5, 0.6) is 0 Å². The maximum absolute atomic E-state index is 14.0. The van der Waals surface area contributed by atoms with Crippen molar-refractivity contribution in [1.29, 1.82) is 0 Å². The number of hydrogen-bond donors (Lipinski definition) is 1. The molecule has 0 heterocycles. The van der Waals surface area contributed by atoms with E-state index in [1.54, 1.807) is 43.3 Å². The van der Waals surface area contributed by atoms with Gasteiger partial charge in [-0.3, -0.25) is 13.9 Å². The van der Waals surface area contributed by atoms with Gasteiger partial charge in [-0.15, -0.1) is 0 Å². The number of sulfonamides is 1. The normalized spacial score (nSPS) is 12.1. The summed E-state index contributed by atoms with van der Waals surface area (Å²) in [6, 6.07) is 18.8. The molecular formula is C31H39N3O4S. The predicted octanol–water partition coefficient (Wildman–Crippen LogP) is 5.06. The molecule has 0 saturated heterocycles. The molecule has 8 heteroatoms. The maximum Gasteiger partial charge on any atom is 0.264 e. The second kappa shape index (κ2) is 12.9. The van der Waals surface area contributed by atoms with Crippen molar-refractivity contribution in [1.82, 2.24) is 10.2 Å². The van der Waals surface area contributed by atoms with E-state index in [4.69, 9.17) is 0 Å². The van der Waals surface area contributed by atoms with Crippen molar-refractivity contribution in [2.75, 3.05) is 17.4 Å². The first-order chi connectivity index (χ1) is 18.5. The fraction of sp³-hybridized carbons (Fsp3) is 0.355. The van der Waals surface area contributed by atoms with Gasteiger partial charge < -0.3 is 10.2 Å². The Labute approximate surface area is 232 Å². The molecule has 0 aliphatic heterocycles. The average Bonchev–Trinajstić information content (AvgIpc) is 2.91. The molecule has 3 rings (SSSR count). The highest BCUT2D eigenvalue weighted by molar-refractivity contribution is 7.92. The van der Waals surface area contributed by atoms with Crippen LogP contribution in [-0.4, -0.2) is 44.3 Å². The highest BCUT2D eigenvalue weighted by atomic mass is 32.2. The lowest BCUT2D eigenvalue weighted by atomic mass is 10.1. The van der Waals surface area contributed by atoms with Crippen molar-refractivity contribution in [2.24, 2.45) is 0 Å². The quantitative estimate of drug-likeness (QED) is 0.362. The number of carbonyl (C=O) groups is 2. The van der Waals surface area contributed by atoms with Crippen molar-refractivity contribution in [3.8, 4) is 0 Å². The lowest BCUT2D eigenvalue weighted by molar-refractivity contribution is -0.139. The molecule has 3 aromatic carbocycles. The fourth-order valence-corrected chi connectivity index (χ4v) is 5.78. The smallest absolute Gasteiger partial charge is 0.264 e. The number of rotatable bonds is 11. The zero-order valence-electron chi connectivity index (χ0n) is 23.7. The van der Waals surface area contributed by atoms with Crippen molar-refractivity contribution >= 4 is 27.5 Å². The number of anilines is 1. The molecule has 0 bridgehead atoms. The Balaban J connectivity index is 2.07. The summed E-state index contributed by atoms with van der Waals surface area (Å²) in [4.78, 5) is 28.6. The van der Waals surface area contributed by atoms with Crippen molar-refractivity contribution < 1.29 is 18.0 Å². The van der Waals surface area contributed by atoms with E-state index in [1.807, 2.05) is 65.0 Å². The molecule has 0 saturated carbocycles. The first-order valence-corrected chi connectivity index (χ1v) is 14.7. The molecule has 208 valence electrons. The number of carbonyl (C=O) groups excluding carboxylic acids is 2. The van der Waals surface area contributed by atoms with Crippen molar-refractivity contribution in [2.45, 2.75) is 65.4 Å². The standard InChI is InChI=1S/C31H39N3O4S/c1-7-19-32-31(36)26(6)33(20-27-13-9-8-11-24(27)4)30(35)21-34(29-14-10-12-23(3)25(29)5)39(37,38)28-17-15-22(2)16-18-28/h8-18,26H,7,19-21H2,1-6H3,(H,32,36)/t26-/m0/s1. The summed E-state index contributed by atoms with van der Waals surface area (Å²) in [6.07, 6.45) is 0.763. The highest BCUT2D eigenvalue weighted by Gasteiger charge is 2.33. The molecule has 0 unspecified atom stereocenters. The molecule has 7 nitrogen and oxygen atoms in total. The van der Waals surface area contributed by atoms with Gasteiger partial charge in [-0.25, -0.2) is 8.42 Å². The van der Waals surface area contributed by atoms with Crippen LogP contribution in [0.25, 0.3) is 0 Å². The van der Waals surface area contributed by atoms with Gasteiger partial charge in [0.1, 0.15) is 12.6 Å². The molecular weight excluding hydrogens is 510 g/mol. The maximum atomic E-state index is 14.0. The van der Waals surface area contributed by atoms with E-state index in [0.29, 0.717) is 12.2 Å². The largest absolute Gasteiger partial charge is 0.354 e. The Kier molecular flexibility index (Phi) is 9.92. The van der Waals surface area contributed by atoms with Crippen LogP contribution in [0.1, 0.15) is 48.1 Å². The summed E-state index contributed by atoms with van der Waals surface area (Å²) in [5.41, 5.74) is 4.91. The number of hydrogen-bond acceptors (Lipinski definition) is 4. The molecule has 2 amide bonds. The molecule has 0 spiro atoms. The molecule has 3 aromatic rings. The first kappa shape index (κ1) is 29.9. The molecule has 0 aliphatic rings. The molecule has 1 N–H and O–H groups in total. The van der Waals surface area contributed by atoms with E-state index < -0.39 is 28.5 Å². The Morgan fingerprint density at radius 1 is 0.872 bits per heavy atom. The molecule has 0 aliphatic carbocycles. The van der Waals surface area contributed by atoms with Gasteiger partial charge in [0, 0.05) is 13.1 Å². The summed E-state index contributed by atoms with van der Waals surface area (Å²) < 4.78 is 29.2. The second-order valence-corrected chi connectivity index (χ2v) is 11.8. The zero-order chi connectivity index (χ0) is 28.7. The third-order valence-electron chi connectivity index (χ3n) is 7.05. The summed E-state index contributed by atoms with van der Waals surface area (Å²) in [5, 5.41) is 2.87. The topological polar surface area (TPSA) is 86.8 Å². The van der Waals surface area contributed by atoms with Gasteiger partial charge in [-0.2, -0.15) is 0 Å². The van der Waals surface area contributed by atoms with Crippen molar-refractivity contribution in [3.63, 3.8) is 0 Å². The third-order valence-corrected chi connectivity index (χ3v) is 8.83. The lowest BCUT2D eigenvalue weighted by Crippen LogP contribution is -2.51. The van der Waals surface area contributed by atoms with Gasteiger partial charge in [0.05, 0.1) is 10.6 Å². The fourth-order valence-electron chi connectivity index (χ4n) is 4.31. The van der Waals surface area contributed by atoms with E-state index in [0.717, 1.165) is 34.2 Å². The zero-order valence-corrected chi connectivity index (χ0v) is 24.5. The Bertz CT molecular complexity index is 1420. The van der Waals surface area contributed by atoms with Crippen LogP contribution >= 0.6 is 0 Å². The summed E-state index contributed by atoms with van der Waals surface area (Å²) >= 11 is 0. The minimum atomic E-state index is -4.09. The van der Waals surface area contributed by atoms with Gasteiger partial charge >= 0.3 is 0 Å². The minimum Gasteiger partial charge on any atom is -0.354 e. The predicted molar refractivity (Wildman–Crippen MR) is 156 cm³/mol. The van der Waals surface area contributed by atoms with E-state index in [-0.39, 0.29) is 17.3 Å². The van der Waals surface area contributed by atoms with E-state index >= 15 is 0 Å². The summed E-state index contributed by atoms with van der Waals surface area (Å²) in [5.74, 6) is -0.743. The average molecular weight is 550 g/mol. The Morgan fingerprint density at radius 2 is 1.51 bits per heavy atom. The summed E-state index contributed by atoms with van der Waals surface area (Å²) in [6.45, 7) is 11.4. The Hall–Kier alpha value is -3.65. The van der Waals surface area contributed by atoms with Gasteiger partial charge in [0.2, 0.25) is 11.8 Å². The number of benzene rings is 3.